The molecule has 1 saturated heterocycles. The molecule has 1 atom stereocenters. The van der Waals surface area contributed by atoms with Gasteiger partial charge in [0.15, 0.2) is 0 Å². The lowest BCUT2D eigenvalue weighted by molar-refractivity contribution is -0.134. The van der Waals surface area contributed by atoms with E-state index in [1.165, 1.54) is 6.92 Å². The molecule has 6 nitrogen and oxygen atoms in total. The highest BCUT2D eigenvalue weighted by molar-refractivity contribution is 5.93. The van der Waals surface area contributed by atoms with Gasteiger partial charge in [0, 0.05) is 38.7 Å². The number of carbonyl (C=O) groups excluding carboxylic acids is 3. The standard InChI is InChI=1S/C20H29N3O3/c1-16(24)21-13-7-3-6-12-19(25)23-14-8-9-17(15-23)20(26)22-18-10-4-2-5-11-18/h2,4-5,10-11,17H,3,6-9,12-15H2,1H3,(H,21,24)(H,22,26). The van der Waals surface area contributed by atoms with E-state index < -0.39 is 0 Å². The molecule has 26 heavy (non-hydrogen) atoms. The second-order valence-electron chi connectivity index (χ2n) is 6.83. The van der Waals surface area contributed by atoms with Crippen LogP contribution in [0.25, 0.3) is 0 Å². The number of rotatable bonds is 8. The van der Waals surface area contributed by atoms with Crippen molar-refractivity contribution in [3.8, 4) is 0 Å². The normalized spacial score (nSPS) is 16.8. The van der Waals surface area contributed by atoms with Crippen LogP contribution in [0.3, 0.4) is 0 Å². The first-order chi connectivity index (χ1) is 12.6. The van der Waals surface area contributed by atoms with Crippen LogP contribution in [0, 0.1) is 5.92 Å². The Bertz CT molecular complexity index is 604. The number of likely N-dealkylation sites (tertiary alicyclic amines) is 1. The van der Waals surface area contributed by atoms with E-state index in [0.29, 0.717) is 19.5 Å². The third-order valence-corrected chi connectivity index (χ3v) is 4.63. The molecule has 2 rings (SSSR count). The van der Waals surface area contributed by atoms with E-state index in [0.717, 1.165) is 44.3 Å². The zero-order valence-electron chi connectivity index (χ0n) is 15.5. The van der Waals surface area contributed by atoms with Gasteiger partial charge in [-0.1, -0.05) is 24.6 Å². The van der Waals surface area contributed by atoms with E-state index in [-0.39, 0.29) is 23.6 Å². The highest BCUT2D eigenvalue weighted by atomic mass is 16.2. The first-order valence-corrected chi connectivity index (χ1v) is 9.44. The van der Waals surface area contributed by atoms with E-state index in [1.54, 1.807) is 0 Å². The predicted molar refractivity (Wildman–Crippen MR) is 102 cm³/mol. The number of hydrogen-bond acceptors (Lipinski definition) is 3. The fourth-order valence-electron chi connectivity index (χ4n) is 3.18. The predicted octanol–water partition coefficient (Wildman–Crippen LogP) is 2.56. The van der Waals surface area contributed by atoms with E-state index in [9.17, 15) is 14.4 Å². The molecule has 1 heterocycles. The van der Waals surface area contributed by atoms with E-state index in [4.69, 9.17) is 0 Å². The van der Waals surface area contributed by atoms with Gasteiger partial charge in [-0.15, -0.1) is 0 Å². The molecule has 2 N–H and O–H groups in total. The van der Waals surface area contributed by atoms with Crippen LogP contribution >= 0.6 is 0 Å². The average molecular weight is 359 g/mol. The van der Waals surface area contributed by atoms with E-state index >= 15 is 0 Å². The SMILES string of the molecule is CC(=O)NCCCCCC(=O)N1CCCC(C(=O)Nc2ccccc2)C1. The number of nitrogens with zero attached hydrogens (tertiary/aromatic N) is 1. The lowest BCUT2D eigenvalue weighted by atomic mass is 9.96. The maximum absolute atomic E-state index is 12.4. The number of piperidine rings is 1. The Morgan fingerprint density at radius 2 is 1.88 bits per heavy atom. The molecule has 0 aliphatic carbocycles. The summed E-state index contributed by atoms with van der Waals surface area (Å²) in [5.74, 6) is -0.0485. The zero-order chi connectivity index (χ0) is 18.8. The zero-order valence-corrected chi connectivity index (χ0v) is 15.5. The van der Waals surface area contributed by atoms with Crippen molar-refractivity contribution in [3.05, 3.63) is 30.3 Å². The molecule has 142 valence electrons. The average Bonchev–Trinajstić information content (AvgIpc) is 2.65. The lowest BCUT2D eigenvalue weighted by Crippen LogP contribution is -2.43. The van der Waals surface area contributed by atoms with E-state index in [1.807, 2.05) is 35.2 Å². The van der Waals surface area contributed by atoms with Crippen molar-refractivity contribution in [2.75, 3.05) is 25.0 Å². The second kappa shape index (κ2) is 10.6. The summed E-state index contributed by atoms with van der Waals surface area (Å²) < 4.78 is 0. The van der Waals surface area contributed by atoms with Crippen molar-refractivity contribution in [1.29, 1.82) is 0 Å². The number of para-hydroxylation sites is 1. The van der Waals surface area contributed by atoms with Gasteiger partial charge < -0.3 is 15.5 Å². The summed E-state index contributed by atoms with van der Waals surface area (Å²) in [5, 5.41) is 5.69. The van der Waals surface area contributed by atoms with Gasteiger partial charge >= 0.3 is 0 Å². The largest absolute Gasteiger partial charge is 0.356 e. The van der Waals surface area contributed by atoms with Gasteiger partial charge in [0.05, 0.1) is 5.92 Å². The van der Waals surface area contributed by atoms with Gasteiger partial charge in [-0.05, 0) is 37.8 Å². The molecule has 6 heteroatoms. The van der Waals surface area contributed by atoms with Gasteiger partial charge in [0.2, 0.25) is 17.7 Å². The van der Waals surface area contributed by atoms with Crippen molar-refractivity contribution < 1.29 is 14.4 Å². The summed E-state index contributed by atoms with van der Waals surface area (Å²) in [6.45, 7) is 3.41. The van der Waals surface area contributed by atoms with Crippen molar-refractivity contribution in [2.45, 2.75) is 45.4 Å². The fraction of sp³-hybridized carbons (Fsp3) is 0.550. The number of carbonyl (C=O) groups is 3. The molecule has 1 unspecified atom stereocenters. The van der Waals surface area contributed by atoms with E-state index in [2.05, 4.69) is 10.6 Å². The van der Waals surface area contributed by atoms with Crippen molar-refractivity contribution in [2.24, 2.45) is 5.92 Å². The van der Waals surface area contributed by atoms with Crippen molar-refractivity contribution >= 4 is 23.4 Å². The summed E-state index contributed by atoms with van der Waals surface area (Å²) in [5.41, 5.74) is 0.792. The molecular formula is C20H29N3O3. The Morgan fingerprint density at radius 1 is 1.12 bits per heavy atom. The van der Waals surface area contributed by atoms with Gasteiger partial charge in [-0.2, -0.15) is 0 Å². The number of amides is 3. The number of anilines is 1. The Kier molecular flexibility index (Phi) is 8.12. The molecule has 1 fully saturated rings. The maximum atomic E-state index is 12.4. The fourth-order valence-corrected chi connectivity index (χ4v) is 3.18. The minimum atomic E-state index is -0.146. The topological polar surface area (TPSA) is 78.5 Å². The first kappa shape index (κ1) is 19.9. The molecule has 0 saturated carbocycles. The molecule has 3 amide bonds. The van der Waals surface area contributed by atoms with Crippen LogP contribution in [0.1, 0.15) is 45.4 Å². The second-order valence-corrected chi connectivity index (χ2v) is 6.83. The third kappa shape index (κ3) is 6.86. The summed E-state index contributed by atoms with van der Waals surface area (Å²) >= 11 is 0. The molecule has 0 bridgehead atoms. The molecule has 0 radical (unpaired) electrons. The highest BCUT2D eigenvalue weighted by Gasteiger charge is 2.28. The number of unbranched alkanes of at least 4 members (excludes halogenated alkanes) is 2. The van der Waals surface area contributed by atoms with Crippen LogP contribution in [0.15, 0.2) is 30.3 Å². The minimum absolute atomic E-state index is 0.0102. The van der Waals surface area contributed by atoms with Crippen molar-refractivity contribution in [3.63, 3.8) is 0 Å². The molecule has 0 aromatic heterocycles. The molecular weight excluding hydrogens is 330 g/mol. The Hall–Kier alpha value is -2.37. The Morgan fingerprint density at radius 3 is 2.62 bits per heavy atom. The number of hydrogen-bond donors (Lipinski definition) is 2. The van der Waals surface area contributed by atoms with Gasteiger partial charge in [-0.3, -0.25) is 14.4 Å². The summed E-state index contributed by atoms with van der Waals surface area (Å²) in [4.78, 5) is 37.4. The van der Waals surface area contributed by atoms with Crippen LogP contribution in [0.5, 0.6) is 0 Å². The number of benzene rings is 1. The van der Waals surface area contributed by atoms with Crippen LogP contribution < -0.4 is 10.6 Å². The first-order valence-electron chi connectivity index (χ1n) is 9.44. The molecule has 1 aromatic rings. The van der Waals surface area contributed by atoms with Crippen LogP contribution in [0.4, 0.5) is 5.69 Å². The molecule has 1 aromatic carbocycles. The monoisotopic (exact) mass is 359 g/mol. The van der Waals surface area contributed by atoms with Crippen molar-refractivity contribution in [1.82, 2.24) is 10.2 Å². The molecule has 1 aliphatic rings. The van der Waals surface area contributed by atoms with Gasteiger partial charge in [-0.25, -0.2) is 0 Å². The van der Waals surface area contributed by atoms with Gasteiger partial charge in [0.1, 0.15) is 0 Å². The van der Waals surface area contributed by atoms with Gasteiger partial charge in [0.25, 0.3) is 0 Å². The Balaban J connectivity index is 1.70. The third-order valence-electron chi connectivity index (χ3n) is 4.63. The smallest absolute Gasteiger partial charge is 0.229 e. The van der Waals surface area contributed by atoms with Crippen LogP contribution in [-0.4, -0.2) is 42.3 Å². The lowest BCUT2D eigenvalue weighted by Gasteiger charge is -2.32. The quantitative estimate of drug-likeness (QED) is 0.700. The Labute approximate surface area is 155 Å². The highest BCUT2D eigenvalue weighted by Crippen LogP contribution is 2.20. The number of nitrogens with one attached hydrogen (secondary N) is 2. The summed E-state index contributed by atoms with van der Waals surface area (Å²) in [6.07, 6.45) is 4.80. The summed E-state index contributed by atoms with van der Waals surface area (Å²) in [6, 6.07) is 9.42. The molecule has 1 aliphatic heterocycles. The maximum Gasteiger partial charge on any atom is 0.229 e. The molecule has 0 spiro atoms. The van der Waals surface area contributed by atoms with Crippen LogP contribution in [0.2, 0.25) is 0 Å². The minimum Gasteiger partial charge on any atom is -0.356 e. The van der Waals surface area contributed by atoms with Crippen LogP contribution in [-0.2, 0) is 14.4 Å². The summed E-state index contributed by atoms with van der Waals surface area (Å²) in [7, 11) is 0.